The number of carbonyl (C=O) groups excluding carboxylic acids is 2. The molecule has 5 heteroatoms. The van der Waals surface area contributed by atoms with E-state index in [0.29, 0.717) is 18.1 Å². The third-order valence-corrected chi connectivity index (χ3v) is 3.59. The molecule has 3 rings (SSSR count). The van der Waals surface area contributed by atoms with Gasteiger partial charge in [0, 0.05) is 5.39 Å². The first kappa shape index (κ1) is 14.0. The average molecular weight is 292 g/mol. The molecule has 0 saturated heterocycles. The van der Waals surface area contributed by atoms with Crippen LogP contribution in [0.15, 0.2) is 46.4 Å². The Hall–Kier alpha value is -3.00. The Labute approximate surface area is 126 Å². The number of hydrogen-bond donors (Lipinski definition) is 0. The molecular weight excluding hydrogens is 280 g/mol. The van der Waals surface area contributed by atoms with Gasteiger partial charge in [0.2, 0.25) is 12.2 Å². The largest absolute Gasteiger partial charge is 0.493 e. The summed E-state index contributed by atoms with van der Waals surface area (Å²) in [6.45, 7) is 2.38. The van der Waals surface area contributed by atoms with Gasteiger partial charge in [-0.25, -0.2) is 9.59 Å². The number of benzene rings is 2. The lowest BCUT2D eigenvalue weighted by molar-refractivity contribution is 0.339. The molecule has 0 aromatic heterocycles. The lowest BCUT2D eigenvalue weighted by atomic mass is 9.88. The quantitative estimate of drug-likeness (QED) is 0.641. The summed E-state index contributed by atoms with van der Waals surface area (Å²) < 4.78 is 5.66. The minimum absolute atomic E-state index is 0.409. The fraction of sp³-hybridized carbons (Fsp3) is 0.176. The number of rotatable bonds is 4. The van der Waals surface area contributed by atoms with Crippen molar-refractivity contribution in [2.45, 2.75) is 13.0 Å². The van der Waals surface area contributed by atoms with E-state index in [1.807, 2.05) is 37.3 Å². The topological polar surface area (TPSA) is 68.1 Å². The van der Waals surface area contributed by atoms with Crippen molar-refractivity contribution in [2.75, 3.05) is 6.61 Å². The lowest BCUT2D eigenvalue weighted by Crippen LogP contribution is -2.05. The summed E-state index contributed by atoms with van der Waals surface area (Å²) >= 11 is 0. The third-order valence-electron chi connectivity index (χ3n) is 3.59. The van der Waals surface area contributed by atoms with Crippen LogP contribution >= 0.6 is 0 Å². The van der Waals surface area contributed by atoms with Gasteiger partial charge in [0.15, 0.2) is 0 Å². The molecule has 0 amide bonds. The monoisotopic (exact) mass is 292 g/mol. The molecule has 0 bridgehead atoms. The zero-order chi connectivity index (χ0) is 15.5. The average Bonchev–Trinajstić information content (AvgIpc) is 2.53. The summed E-state index contributed by atoms with van der Waals surface area (Å²) in [6.07, 6.45) is 4.77. The Kier molecular flexibility index (Phi) is 3.67. The maximum absolute atomic E-state index is 10.8. The van der Waals surface area contributed by atoms with Crippen LogP contribution in [0.1, 0.15) is 24.1 Å². The summed E-state index contributed by atoms with van der Waals surface area (Å²) in [5.74, 6) is 0.640. The van der Waals surface area contributed by atoms with E-state index in [4.69, 9.17) is 4.74 Å². The predicted molar refractivity (Wildman–Crippen MR) is 82.1 cm³/mol. The van der Waals surface area contributed by atoms with Crippen LogP contribution in [0, 0.1) is 0 Å². The molecule has 108 valence electrons. The molecule has 1 atom stereocenters. The third kappa shape index (κ3) is 2.15. The number of nitrogens with zero attached hydrogens (tertiary/aromatic N) is 2. The Morgan fingerprint density at radius 1 is 1.18 bits per heavy atom. The van der Waals surface area contributed by atoms with Crippen LogP contribution < -0.4 is 4.74 Å². The van der Waals surface area contributed by atoms with E-state index in [2.05, 4.69) is 9.98 Å². The molecule has 2 aromatic rings. The van der Waals surface area contributed by atoms with Crippen molar-refractivity contribution in [3.63, 3.8) is 0 Å². The number of ether oxygens (including phenoxy) is 1. The molecule has 0 heterocycles. The second-order valence-corrected chi connectivity index (χ2v) is 4.74. The van der Waals surface area contributed by atoms with Gasteiger partial charge in [-0.1, -0.05) is 24.3 Å². The maximum Gasteiger partial charge on any atom is 0.240 e. The van der Waals surface area contributed by atoms with Gasteiger partial charge in [-0.2, -0.15) is 9.98 Å². The molecule has 0 aliphatic heterocycles. The molecule has 1 aliphatic rings. The van der Waals surface area contributed by atoms with Gasteiger partial charge in [0.05, 0.1) is 17.9 Å². The van der Waals surface area contributed by atoms with Gasteiger partial charge in [0.1, 0.15) is 11.8 Å². The Morgan fingerprint density at radius 2 is 2.05 bits per heavy atom. The van der Waals surface area contributed by atoms with E-state index < -0.39 is 6.04 Å². The Bertz CT molecular complexity index is 873. The van der Waals surface area contributed by atoms with Gasteiger partial charge >= 0.3 is 0 Å². The maximum atomic E-state index is 10.8. The van der Waals surface area contributed by atoms with Crippen molar-refractivity contribution in [3.05, 3.63) is 47.5 Å². The summed E-state index contributed by atoms with van der Waals surface area (Å²) in [5, 5.41) is 1.85. The highest BCUT2D eigenvalue weighted by atomic mass is 16.5. The summed E-state index contributed by atoms with van der Waals surface area (Å²) in [6, 6.07) is 9.01. The van der Waals surface area contributed by atoms with Crippen molar-refractivity contribution >= 4 is 28.6 Å². The van der Waals surface area contributed by atoms with Crippen molar-refractivity contribution in [3.8, 4) is 5.75 Å². The van der Waals surface area contributed by atoms with Crippen LogP contribution in [0.4, 0.5) is 0 Å². The minimum atomic E-state index is -0.516. The second kappa shape index (κ2) is 5.78. The molecule has 0 radical (unpaired) electrons. The van der Waals surface area contributed by atoms with E-state index in [1.54, 1.807) is 18.2 Å². The van der Waals surface area contributed by atoms with E-state index in [9.17, 15) is 9.59 Å². The lowest BCUT2D eigenvalue weighted by Gasteiger charge is -2.22. The first-order chi connectivity index (χ1) is 10.8. The van der Waals surface area contributed by atoms with Crippen LogP contribution in [-0.2, 0) is 9.59 Å². The molecule has 0 spiro atoms. The zero-order valence-corrected chi connectivity index (χ0v) is 11.9. The predicted octanol–water partition coefficient (Wildman–Crippen LogP) is 3.31. The van der Waals surface area contributed by atoms with Crippen molar-refractivity contribution in [1.82, 2.24) is 0 Å². The number of hydrogen-bond acceptors (Lipinski definition) is 5. The van der Waals surface area contributed by atoms with Crippen molar-refractivity contribution in [2.24, 2.45) is 9.98 Å². The molecule has 0 N–H and O–H groups in total. The smallest absolute Gasteiger partial charge is 0.240 e. The highest BCUT2D eigenvalue weighted by Crippen LogP contribution is 2.43. The Balaban J connectivity index is 2.42. The van der Waals surface area contributed by atoms with Gasteiger partial charge in [0.25, 0.3) is 0 Å². The highest BCUT2D eigenvalue weighted by molar-refractivity contribution is 6.01. The summed E-state index contributed by atoms with van der Waals surface area (Å²) in [7, 11) is 0. The van der Waals surface area contributed by atoms with Crippen LogP contribution in [0.5, 0.6) is 5.75 Å². The normalized spacial score (nSPS) is 15.5. The number of aliphatic imine (C=N–C) groups is 2. The van der Waals surface area contributed by atoms with E-state index in [1.165, 1.54) is 0 Å². The van der Waals surface area contributed by atoms with Gasteiger partial charge in [-0.3, -0.25) is 0 Å². The molecule has 22 heavy (non-hydrogen) atoms. The second-order valence-electron chi connectivity index (χ2n) is 4.74. The van der Waals surface area contributed by atoms with E-state index >= 15 is 0 Å². The van der Waals surface area contributed by atoms with Crippen molar-refractivity contribution in [1.29, 1.82) is 0 Å². The van der Waals surface area contributed by atoms with Gasteiger partial charge in [-0.15, -0.1) is 0 Å². The van der Waals surface area contributed by atoms with Crippen LogP contribution in [0.2, 0.25) is 0 Å². The zero-order valence-electron chi connectivity index (χ0n) is 11.9. The molecule has 0 saturated carbocycles. The molecule has 1 unspecified atom stereocenters. The van der Waals surface area contributed by atoms with E-state index in [0.717, 1.165) is 21.9 Å². The highest BCUT2D eigenvalue weighted by Gasteiger charge is 2.25. The van der Waals surface area contributed by atoms with E-state index in [-0.39, 0.29) is 0 Å². The standard InChI is InChI=1S/C17H12N2O3/c1-2-22-15-7-6-11-4-3-5-12-13(18-9-20)8-14(19-10-21)17(15)16(11)12/h3-8,13H,2H2,1H3. The molecule has 0 fully saturated rings. The molecular formula is C17H12N2O3. The first-order valence-corrected chi connectivity index (χ1v) is 6.85. The van der Waals surface area contributed by atoms with Gasteiger partial charge in [-0.05, 0) is 30.0 Å². The molecule has 2 aromatic carbocycles. The van der Waals surface area contributed by atoms with Gasteiger partial charge < -0.3 is 4.74 Å². The summed E-state index contributed by atoms with van der Waals surface area (Å²) in [5.41, 5.74) is 2.00. The SMILES string of the molecule is CCOc1ccc2cccc3c2c1C(N=C=O)=CC3N=C=O. The summed E-state index contributed by atoms with van der Waals surface area (Å²) in [4.78, 5) is 29.0. The van der Waals surface area contributed by atoms with Crippen LogP contribution in [0.3, 0.4) is 0 Å². The fourth-order valence-corrected chi connectivity index (χ4v) is 2.79. The van der Waals surface area contributed by atoms with Crippen molar-refractivity contribution < 1.29 is 14.3 Å². The molecule has 1 aliphatic carbocycles. The molecule has 5 nitrogen and oxygen atoms in total. The fourth-order valence-electron chi connectivity index (χ4n) is 2.79. The Morgan fingerprint density at radius 3 is 2.77 bits per heavy atom. The van der Waals surface area contributed by atoms with Crippen LogP contribution in [0.25, 0.3) is 16.5 Å². The minimum Gasteiger partial charge on any atom is -0.493 e. The first-order valence-electron chi connectivity index (χ1n) is 6.85. The number of isocyanates is 2. The van der Waals surface area contributed by atoms with Crippen LogP contribution in [-0.4, -0.2) is 18.8 Å².